The average molecular weight is 263 g/mol. The molecule has 0 aromatic heterocycles. The second-order valence-corrected chi connectivity index (χ2v) is 4.42. The zero-order valence-corrected chi connectivity index (χ0v) is 10.8. The molecule has 1 rings (SSSR count). The topological polar surface area (TPSA) is 85.8 Å². The smallest absolute Gasteiger partial charge is 0.166 e. The van der Waals surface area contributed by atoms with Crippen LogP contribution in [0.5, 0.6) is 0 Å². The van der Waals surface area contributed by atoms with Crippen molar-refractivity contribution in [2.75, 3.05) is 33.4 Å². The maximum absolute atomic E-state index is 9.93. The third-order valence-electron chi connectivity index (χ3n) is 2.68. The van der Waals surface area contributed by atoms with Gasteiger partial charge in [0.25, 0.3) is 0 Å². The van der Waals surface area contributed by atoms with E-state index in [0.29, 0.717) is 31.2 Å². The van der Waals surface area contributed by atoms with Crippen LogP contribution in [0.25, 0.3) is 0 Å². The molecule has 5 N–H and O–H groups in total. The molecule has 0 spiro atoms. The van der Waals surface area contributed by atoms with Crippen molar-refractivity contribution < 1.29 is 14.9 Å². The first-order valence-corrected chi connectivity index (χ1v) is 6.17. The average Bonchev–Trinajstić information content (AvgIpc) is 2.32. The Bertz CT molecular complexity index is 243. The highest BCUT2D eigenvalue weighted by molar-refractivity contribution is 7.80. The lowest BCUT2D eigenvalue weighted by molar-refractivity contribution is -0.0600. The van der Waals surface area contributed by atoms with E-state index >= 15 is 0 Å². The molecule has 3 atom stereocenters. The van der Waals surface area contributed by atoms with Crippen molar-refractivity contribution >= 4 is 17.3 Å². The summed E-state index contributed by atoms with van der Waals surface area (Å²) in [6, 6.07) is -0.163. The number of aliphatic hydroxyl groups excluding tert-OH is 2. The van der Waals surface area contributed by atoms with Gasteiger partial charge in [0.1, 0.15) is 0 Å². The molecule has 0 unspecified atom stereocenters. The van der Waals surface area contributed by atoms with E-state index < -0.39 is 6.10 Å². The molecule has 1 fully saturated rings. The monoisotopic (exact) mass is 263 g/mol. The predicted octanol–water partition coefficient (Wildman–Crippen LogP) is -1.82. The van der Waals surface area contributed by atoms with Gasteiger partial charge >= 0.3 is 0 Å². The zero-order valence-electron chi connectivity index (χ0n) is 9.98. The summed E-state index contributed by atoms with van der Waals surface area (Å²) in [5.74, 6) is 0. The summed E-state index contributed by atoms with van der Waals surface area (Å²) in [6.45, 7) is 1.71. The lowest BCUT2D eigenvalue weighted by atomic mass is 10.0. The molecule has 0 amide bonds. The third-order valence-corrected chi connectivity index (χ3v) is 3.01. The van der Waals surface area contributed by atoms with E-state index in [1.54, 1.807) is 7.05 Å². The van der Waals surface area contributed by atoms with Gasteiger partial charge in [0.15, 0.2) is 5.11 Å². The number of rotatable bonds is 5. The SMILES string of the molecule is CNC(=S)N[C@H]1CO[C@H](CNCCO)C[C@@H]1O. The largest absolute Gasteiger partial charge is 0.395 e. The highest BCUT2D eigenvalue weighted by atomic mass is 32.1. The molecule has 0 aliphatic carbocycles. The fourth-order valence-electron chi connectivity index (χ4n) is 1.72. The summed E-state index contributed by atoms with van der Waals surface area (Å²) in [7, 11) is 1.73. The lowest BCUT2D eigenvalue weighted by Crippen LogP contribution is -2.54. The summed E-state index contributed by atoms with van der Waals surface area (Å²) >= 11 is 4.98. The van der Waals surface area contributed by atoms with Crippen molar-refractivity contribution in [1.82, 2.24) is 16.0 Å². The highest BCUT2D eigenvalue weighted by Gasteiger charge is 2.29. The number of hydrogen-bond acceptors (Lipinski definition) is 5. The van der Waals surface area contributed by atoms with Gasteiger partial charge in [-0.2, -0.15) is 0 Å². The predicted molar refractivity (Wildman–Crippen MR) is 68.9 cm³/mol. The van der Waals surface area contributed by atoms with Crippen LogP contribution in [0, 0.1) is 0 Å². The Morgan fingerprint density at radius 3 is 2.88 bits per heavy atom. The highest BCUT2D eigenvalue weighted by Crippen LogP contribution is 2.14. The fourth-order valence-corrected chi connectivity index (χ4v) is 1.87. The Balaban J connectivity index is 2.26. The number of hydrogen-bond donors (Lipinski definition) is 5. The maximum atomic E-state index is 9.93. The van der Waals surface area contributed by atoms with Crippen LogP contribution in [0.3, 0.4) is 0 Å². The molecule has 0 radical (unpaired) electrons. The van der Waals surface area contributed by atoms with E-state index in [1.807, 2.05) is 0 Å². The van der Waals surface area contributed by atoms with Gasteiger partial charge in [-0.15, -0.1) is 0 Å². The third kappa shape index (κ3) is 5.13. The lowest BCUT2D eigenvalue weighted by Gasteiger charge is -2.34. The number of nitrogens with one attached hydrogen (secondary N) is 3. The molecule has 1 aliphatic rings. The molecule has 7 heteroatoms. The van der Waals surface area contributed by atoms with Crippen LogP contribution in [0.15, 0.2) is 0 Å². The van der Waals surface area contributed by atoms with E-state index in [4.69, 9.17) is 22.1 Å². The molecule has 0 saturated carbocycles. The summed E-state index contributed by atoms with van der Waals surface area (Å²) in [4.78, 5) is 0. The van der Waals surface area contributed by atoms with Crippen molar-refractivity contribution in [3.05, 3.63) is 0 Å². The van der Waals surface area contributed by atoms with E-state index in [0.717, 1.165) is 0 Å². The van der Waals surface area contributed by atoms with E-state index in [1.165, 1.54) is 0 Å². The molecular formula is C10H21N3O3S. The van der Waals surface area contributed by atoms with E-state index in [2.05, 4.69) is 16.0 Å². The minimum absolute atomic E-state index is 0.0160. The Morgan fingerprint density at radius 2 is 2.29 bits per heavy atom. The van der Waals surface area contributed by atoms with Crippen molar-refractivity contribution in [1.29, 1.82) is 0 Å². The first-order valence-electron chi connectivity index (χ1n) is 5.77. The van der Waals surface area contributed by atoms with Gasteiger partial charge in [0.2, 0.25) is 0 Å². The summed E-state index contributed by atoms with van der Waals surface area (Å²) in [5.41, 5.74) is 0. The molecule has 1 saturated heterocycles. The Labute approximate surface area is 107 Å². The second-order valence-electron chi connectivity index (χ2n) is 4.02. The first kappa shape index (κ1) is 14.6. The zero-order chi connectivity index (χ0) is 12.7. The molecule has 17 heavy (non-hydrogen) atoms. The van der Waals surface area contributed by atoms with Crippen molar-refractivity contribution in [3.8, 4) is 0 Å². The number of aliphatic hydroxyl groups is 2. The van der Waals surface area contributed by atoms with Crippen LogP contribution in [0.4, 0.5) is 0 Å². The molecule has 0 bridgehead atoms. The standard InChI is InChI=1S/C10H21N3O3S/c1-11-10(17)13-8-6-16-7(4-9(8)15)5-12-2-3-14/h7-9,12,14-15H,2-6H2,1H3,(H2,11,13,17)/t7-,8-,9-/m0/s1. The molecular weight excluding hydrogens is 242 g/mol. The number of ether oxygens (including phenoxy) is 1. The van der Waals surface area contributed by atoms with Gasteiger partial charge in [-0.3, -0.25) is 0 Å². The van der Waals surface area contributed by atoms with Crippen molar-refractivity contribution in [2.45, 2.75) is 24.7 Å². The minimum atomic E-state index is -0.476. The fraction of sp³-hybridized carbons (Fsp3) is 0.900. The maximum Gasteiger partial charge on any atom is 0.166 e. The normalized spacial score (nSPS) is 28.8. The van der Waals surface area contributed by atoms with Gasteiger partial charge in [0.05, 0.1) is 31.5 Å². The van der Waals surface area contributed by atoms with Crippen LogP contribution in [0.2, 0.25) is 0 Å². The molecule has 0 aromatic carbocycles. The van der Waals surface area contributed by atoms with Crippen LogP contribution in [-0.4, -0.2) is 66.9 Å². The van der Waals surface area contributed by atoms with Crippen LogP contribution >= 0.6 is 12.2 Å². The molecule has 1 aliphatic heterocycles. The van der Waals surface area contributed by atoms with Crippen LogP contribution < -0.4 is 16.0 Å². The summed E-state index contributed by atoms with van der Waals surface area (Å²) < 4.78 is 5.60. The quantitative estimate of drug-likeness (QED) is 0.295. The van der Waals surface area contributed by atoms with Gasteiger partial charge in [0, 0.05) is 26.6 Å². The Hall–Kier alpha value is -0.470. The molecule has 1 heterocycles. The molecule has 0 aromatic rings. The van der Waals surface area contributed by atoms with Gasteiger partial charge < -0.3 is 30.9 Å². The summed E-state index contributed by atoms with van der Waals surface area (Å²) in [5, 5.41) is 27.9. The van der Waals surface area contributed by atoms with Crippen LogP contribution in [-0.2, 0) is 4.74 Å². The number of thiocarbonyl (C=S) groups is 1. The van der Waals surface area contributed by atoms with Crippen molar-refractivity contribution in [3.63, 3.8) is 0 Å². The van der Waals surface area contributed by atoms with Gasteiger partial charge in [-0.1, -0.05) is 0 Å². The van der Waals surface area contributed by atoms with Gasteiger partial charge in [-0.05, 0) is 12.2 Å². The van der Waals surface area contributed by atoms with E-state index in [9.17, 15) is 5.11 Å². The summed E-state index contributed by atoms with van der Waals surface area (Å²) in [6.07, 6.45) is 0.0660. The van der Waals surface area contributed by atoms with Gasteiger partial charge in [-0.25, -0.2) is 0 Å². The minimum Gasteiger partial charge on any atom is -0.395 e. The Morgan fingerprint density at radius 1 is 1.53 bits per heavy atom. The Kier molecular flexibility index (Phi) is 6.68. The van der Waals surface area contributed by atoms with Crippen LogP contribution in [0.1, 0.15) is 6.42 Å². The van der Waals surface area contributed by atoms with Crippen molar-refractivity contribution in [2.24, 2.45) is 0 Å². The first-order chi connectivity index (χ1) is 8.17. The van der Waals surface area contributed by atoms with E-state index in [-0.39, 0.29) is 18.8 Å². The second kappa shape index (κ2) is 7.78. The molecule has 6 nitrogen and oxygen atoms in total. The molecule has 100 valence electrons.